The van der Waals surface area contributed by atoms with Gasteiger partial charge < -0.3 is 10.2 Å². The van der Waals surface area contributed by atoms with Gasteiger partial charge in [0.1, 0.15) is 0 Å². The smallest absolute Gasteiger partial charge is 0.239 e. The molecule has 1 unspecified atom stereocenters. The van der Waals surface area contributed by atoms with Gasteiger partial charge in [0.15, 0.2) is 0 Å². The summed E-state index contributed by atoms with van der Waals surface area (Å²) in [5.74, 6) is 1.15. The van der Waals surface area contributed by atoms with Gasteiger partial charge in [0.25, 0.3) is 0 Å². The molecule has 1 atom stereocenters. The van der Waals surface area contributed by atoms with E-state index in [0.29, 0.717) is 5.91 Å². The lowest BCUT2D eigenvalue weighted by molar-refractivity contribution is -0.136. The molecule has 2 aliphatic rings. The molecule has 0 aromatic heterocycles. The number of hydrogen-bond acceptors (Lipinski definition) is 3. The summed E-state index contributed by atoms with van der Waals surface area (Å²) in [5.41, 5.74) is 0. The van der Waals surface area contributed by atoms with E-state index in [1.807, 2.05) is 11.8 Å². The average molecular weight is 225 g/mol. The number of carbonyl (C=O) groups excluding carboxylic acids is 1. The van der Waals surface area contributed by atoms with Crippen molar-refractivity contribution in [2.75, 3.05) is 39.8 Å². The van der Waals surface area contributed by atoms with Crippen LogP contribution in [0, 0.1) is 5.92 Å². The molecular weight excluding hydrogens is 202 g/mol. The highest BCUT2D eigenvalue weighted by Gasteiger charge is 2.29. The monoisotopic (exact) mass is 225 g/mol. The van der Waals surface area contributed by atoms with Crippen LogP contribution in [0.5, 0.6) is 0 Å². The molecule has 2 fully saturated rings. The minimum atomic E-state index is 0.0405. The summed E-state index contributed by atoms with van der Waals surface area (Å²) >= 11 is 0. The number of likely N-dealkylation sites (N-methyl/N-ethyl adjacent to an activating group) is 1. The van der Waals surface area contributed by atoms with Crippen LogP contribution in [-0.4, -0.2) is 61.5 Å². The Bertz CT molecular complexity index is 247. The van der Waals surface area contributed by atoms with Crippen molar-refractivity contribution < 1.29 is 4.79 Å². The standard InChI is InChI=1S/C12H23N3O/c1-10(14(2)9-11-3-4-11)12(16)15-7-5-13-6-8-15/h10-11,13H,3-9H2,1-2H3. The molecule has 1 aliphatic carbocycles. The van der Waals surface area contributed by atoms with E-state index in [-0.39, 0.29) is 6.04 Å². The van der Waals surface area contributed by atoms with Crippen LogP contribution in [0.3, 0.4) is 0 Å². The van der Waals surface area contributed by atoms with Gasteiger partial charge >= 0.3 is 0 Å². The van der Waals surface area contributed by atoms with Gasteiger partial charge in [0.2, 0.25) is 5.91 Å². The highest BCUT2D eigenvalue weighted by Crippen LogP contribution is 2.29. The first-order valence-electron chi connectivity index (χ1n) is 6.38. The number of piperazine rings is 1. The van der Waals surface area contributed by atoms with Crippen molar-refractivity contribution in [2.45, 2.75) is 25.8 Å². The Hall–Kier alpha value is -0.610. The summed E-state index contributed by atoms with van der Waals surface area (Å²) in [4.78, 5) is 16.4. The molecule has 0 aromatic carbocycles. The number of nitrogens with zero attached hydrogens (tertiary/aromatic N) is 2. The molecule has 0 aromatic rings. The largest absolute Gasteiger partial charge is 0.339 e. The van der Waals surface area contributed by atoms with Crippen LogP contribution < -0.4 is 5.32 Å². The van der Waals surface area contributed by atoms with E-state index >= 15 is 0 Å². The number of hydrogen-bond donors (Lipinski definition) is 1. The maximum atomic E-state index is 12.2. The van der Waals surface area contributed by atoms with Gasteiger partial charge in [-0.1, -0.05) is 0 Å². The Balaban J connectivity index is 1.81. The lowest BCUT2D eigenvalue weighted by Gasteiger charge is -2.33. The van der Waals surface area contributed by atoms with E-state index in [1.165, 1.54) is 12.8 Å². The van der Waals surface area contributed by atoms with Crippen LogP contribution in [-0.2, 0) is 4.79 Å². The predicted molar refractivity (Wildman–Crippen MR) is 64.3 cm³/mol. The van der Waals surface area contributed by atoms with Gasteiger partial charge in [-0.25, -0.2) is 0 Å². The van der Waals surface area contributed by atoms with Gasteiger partial charge in [0, 0.05) is 32.7 Å². The highest BCUT2D eigenvalue weighted by molar-refractivity contribution is 5.81. The van der Waals surface area contributed by atoms with Crippen molar-refractivity contribution in [1.29, 1.82) is 0 Å². The van der Waals surface area contributed by atoms with Crippen LogP contribution in [0.25, 0.3) is 0 Å². The van der Waals surface area contributed by atoms with Crippen molar-refractivity contribution in [2.24, 2.45) is 5.92 Å². The summed E-state index contributed by atoms with van der Waals surface area (Å²) in [6.07, 6.45) is 2.69. The quantitative estimate of drug-likeness (QED) is 0.740. The fourth-order valence-electron chi connectivity index (χ4n) is 2.20. The van der Waals surface area contributed by atoms with E-state index in [4.69, 9.17) is 0 Å². The van der Waals surface area contributed by atoms with Crippen molar-refractivity contribution in [1.82, 2.24) is 15.1 Å². The molecule has 0 radical (unpaired) electrons. The van der Waals surface area contributed by atoms with Gasteiger partial charge in [-0.2, -0.15) is 0 Å². The summed E-state index contributed by atoms with van der Waals surface area (Å²) in [6, 6.07) is 0.0405. The molecule has 1 heterocycles. The number of carbonyl (C=O) groups is 1. The van der Waals surface area contributed by atoms with Gasteiger partial charge in [-0.3, -0.25) is 9.69 Å². The van der Waals surface area contributed by atoms with Crippen molar-refractivity contribution in [3.63, 3.8) is 0 Å². The Morgan fingerprint density at radius 3 is 2.62 bits per heavy atom. The first kappa shape index (κ1) is 11.9. The van der Waals surface area contributed by atoms with Crippen molar-refractivity contribution >= 4 is 5.91 Å². The zero-order valence-electron chi connectivity index (χ0n) is 10.4. The van der Waals surface area contributed by atoms with E-state index in [2.05, 4.69) is 17.3 Å². The lowest BCUT2D eigenvalue weighted by Crippen LogP contribution is -2.52. The molecule has 4 heteroatoms. The number of rotatable bonds is 4. The summed E-state index contributed by atoms with van der Waals surface area (Å²) < 4.78 is 0. The van der Waals surface area contributed by atoms with E-state index in [9.17, 15) is 4.79 Å². The summed E-state index contributed by atoms with van der Waals surface area (Å²) in [7, 11) is 2.07. The minimum Gasteiger partial charge on any atom is -0.339 e. The van der Waals surface area contributed by atoms with Crippen LogP contribution in [0.15, 0.2) is 0 Å². The Morgan fingerprint density at radius 2 is 2.06 bits per heavy atom. The molecule has 16 heavy (non-hydrogen) atoms. The second-order valence-electron chi connectivity index (χ2n) is 5.13. The van der Waals surface area contributed by atoms with Crippen molar-refractivity contribution in [3.05, 3.63) is 0 Å². The third kappa shape index (κ3) is 2.95. The lowest BCUT2D eigenvalue weighted by atomic mass is 10.2. The molecule has 1 aliphatic heterocycles. The third-order valence-corrected chi connectivity index (χ3v) is 3.69. The van der Waals surface area contributed by atoms with Crippen LogP contribution in [0.1, 0.15) is 19.8 Å². The minimum absolute atomic E-state index is 0.0405. The molecule has 0 bridgehead atoms. The zero-order valence-corrected chi connectivity index (χ0v) is 10.4. The van der Waals surface area contributed by atoms with Gasteiger partial charge in [-0.15, -0.1) is 0 Å². The van der Waals surface area contributed by atoms with Crippen LogP contribution in [0.4, 0.5) is 0 Å². The first-order chi connectivity index (χ1) is 7.68. The fourth-order valence-corrected chi connectivity index (χ4v) is 2.20. The Morgan fingerprint density at radius 1 is 1.44 bits per heavy atom. The number of amides is 1. The predicted octanol–water partition coefficient (Wildman–Crippen LogP) is 0.149. The second-order valence-corrected chi connectivity index (χ2v) is 5.13. The maximum absolute atomic E-state index is 12.2. The fraction of sp³-hybridized carbons (Fsp3) is 0.917. The third-order valence-electron chi connectivity index (χ3n) is 3.69. The van der Waals surface area contributed by atoms with E-state index < -0.39 is 0 Å². The topological polar surface area (TPSA) is 35.6 Å². The summed E-state index contributed by atoms with van der Waals surface area (Å²) in [5, 5.41) is 3.27. The molecule has 1 saturated heterocycles. The molecule has 92 valence electrons. The average Bonchev–Trinajstić information content (AvgIpc) is 3.12. The molecule has 1 N–H and O–H groups in total. The van der Waals surface area contributed by atoms with Gasteiger partial charge in [0.05, 0.1) is 6.04 Å². The highest BCUT2D eigenvalue weighted by atomic mass is 16.2. The normalized spacial score (nSPS) is 23.6. The summed E-state index contributed by atoms with van der Waals surface area (Å²) in [6.45, 7) is 6.71. The molecular formula is C12H23N3O. The van der Waals surface area contributed by atoms with Gasteiger partial charge in [-0.05, 0) is 32.7 Å². The van der Waals surface area contributed by atoms with Crippen molar-refractivity contribution in [3.8, 4) is 0 Å². The molecule has 0 spiro atoms. The molecule has 4 nitrogen and oxygen atoms in total. The SMILES string of the molecule is CC(C(=O)N1CCNCC1)N(C)CC1CC1. The number of nitrogens with one attached hydrogen (secondary N) is 1. The molecule has 1 amide bonds. The van der Waals surface area contributed by atoms with Crippen LogP contribution >= 0.6 is 0 Å². The maximum Gasteiger partial charge on any atom is 0.239 e. The molecule has 1 saturated carbocycles. The second kappa shape index (κ2) is 5.15. The Labute approximate surface area is 98.0 Å². The molecule has 2 rings (SSSR count). The van der Waals surface area contributed by atoms with Crippen LogP contribution in [0.2, 0.25) is 0 Å². The Kier molecular flexibility index (Phi) is 3.82. The van der Waals surface area contributed by atoms with E-state index in [1.54, 1.807) is 0 Å². The first-order valence-corrected chi connectivity index (χ1v) is 6.38. The van der Waals surface area contributed by atoms with E-state index in [0.717, 1.165) is 38.6 Å². The zero-order chi connectivity index (χ0) is 11.5.